The molecule has 1 aliphatic rings. The van der Waals surface area contributed by atoms with E-state index in [0.717, 1.165) is 0 Å². The molecule has 0 aromatic rings. The van der Waals surface area contributed by atoms with Gasteiger partial charge in [0.15, 0.2) is 0 Å². The zero-order valence-electron chi connectivity index (χ0n) is 5.77. The van der Waals surface area contributed by atoms with E-state index >= 15 is 0 Å². The minimum absolute atomic E-state index is 0.0231. The molecule has 1 fully saturated rings. The zero-order valence-corrected chi connectivity index (χ0v) is 5.77. The first kappa shape index (κ1) is 6.55. The van der Waals surface area contributed by atoms with Gasteiger partial charge in [0, 0.05) is 12.6 Å². The molecule has 1 rings (SSSR count). The molecule has 3 nitrogen and oxygen atoms in total. The SMILES string of the molecule is CC1(C)C(=O)NC[C@H]1N. The molecule has 52 valence electrons. The lowest BCUT2D eigenvalue weighted by Crippen LogP contribution is -2.37. The summed E-state index contributed by atoms with van der Waals surface area (Å²) in [6, 6.07) is -0.0231. The molecule has 0 aromatic heterocycles. The summed E-state index contributed by atoms with van der Waals surface area (Å²) in [5.41, 5.74) is 5.26. The minimum Gasteiger partial charge on any atom is -0.354 e. The number of hydrogen-bond donors (Lipinski definition) is 2. The van der Waals surface area contributed by atoms with E-state index in [9.17, 15) is 4.79 Å². The molecule has 1 heterocycles. The second-order valence-electron chi connectivity index (χ2n) is 3.04. The zero-order chi connectivity index (χ0) is 7.07. The van der Waals surface area contributed by atoms with Gasteiger partial charge in [-0.2, -0.15) is 0 Å². The third kappa shape index (κ3) is 0.812. The van der Waals surface area contributed by atoms with Gasteiger partial charge in [0.2, 0.25) is 5.91 Å². The van der Waals surface area contributed by atoms with Crippen LogP contribution in [-0.4, -0.2) is 18.5 Å². The summed E-state index contributed by atoms with van der Waals surface area (Å²) in [5.74, 6) is 0.0648. The summed E-state index contributed by atoms with van der Waals surface area (Å²) in [6.45, 7) is 4.34. The van der Waals surface area contributed by atoms with Gasteiger partial charge in [-0.05, 0) is 13.8 Å². The van der Waals surface area contributed by atoms with Crippen molar-refractivity contribution in [1.82, 2.24) is 5.32 Å². The molecule has 1 atom stereocenters. The standard InChI is InChI=1S/C6H12N2O/c1-6(2)4(7)3-8-5(6)9/h4H,3,7H2,1-2H3,(H,8,9)/t4-/m1/s1. The largest absolute Gasteiger partial charge is 0.354 e. The normalized spacial score (nSPS) is 32.3. The fraction of sp³-hybridized carbons (Fsp3) is 0.833. The van der Waals surface area contributed by atoms with Crippen LogP contribution in [0.1, 0.15) is 13.8 Å². The molecule has 0 radical (unpaired) electrons. The highest BCUT2D eigenvalue weighted by Gasteiger charge is 2.39. The van der Waals surface area contributed by atoms with Crippen LogP contribution in [0.2, 0.25) is 0 Å². The lowest BCUT2D eigenvalue weighted by atomic mass is 9.88. The van der Waals surface area contributed by atoms with Crippen molar-refractivity contribution in [3.05, 3.63) is 0 Å². The molecule has 0 spiro atoms. The highest BCUT2D eigenvalue weighted by molar-refractivity contribution is 5.85. The summed E-state index contributed by atoms with van der Waals surface area (Å²) in [5, 5.41) is 2.70. The van der Waals surface area contributed by atoms with E-state index in [1.807, 2.05) is 13.8 Å². The van der Waals surface area contributed by atoms with Gasteiger partial charge in [0.1, 0.15) is 0 Å². The van der Waals surface area contributed by atoms with E-state index in [2.05, 4.69) is 5.32 Å². The van der Waals surface area contributed by atoms with Crippen molar-refractivity contribution in [2.75, 3.05) is 6.54 Å². The highest BCUT2D eigenvalue weighted by atomic mass is 16.2. The Morgan fingerprint density at radius 1 is 1.78 bits per heavy atom. The van der Waals surface area contributed by atoms with Gasteiger partial charge in [-0.25, -0.2) is 0 Å². The van der Waals surface area contributed by atoms with Crippen LogP contribution in [0.5, 0.6) is 0 Å². The number of hydrogen-bond acceptors (Lipinski definition) is 2. The first-order chi connectivity index (χ1) is 4.05. The van der Waals surface area contributed by atoms with Crippen molar-refractivity contribution in [3.63, 3.8) is 0 Å². The molecule has 0 saturated carbocycles. The highest BCUT2D eigenvalue weighted by Crippen LogP contribution is 2.22. The van der Waals surface area contributed by atoms with Gasteiger partial charge in [0.05, 0.1) is 5.41 Å². The number of rotatable bonds is 0. The fourth-order valence-electron chi connectivity index (χ4n) is 0.854. The smallest absolute Gasteiger partial charge is 0.227 e. The average molecular weight is 128 g/mol. The molecule has 0 unspecified atom stereocenters. The molecule has 0 aliphatic carbocycles. The number of carbonyl (C=O) groups excluding carboxylic acids is 1. The van der Waals surface area contributed by atoms with Crippen molar-refractivity contribution >= 4 is 5.91 Å². The second-order valence-corrected chi connectivity index (χ2v) is 3.04. The Kier molecular flexibility index (Phi) is 1.24. The van der Waals surface area contributed by atoms with Crippen LogP contribution in [0, 0.1) is 5.41 Å². The van der Waals surface area contributed by atoms with Crippen molar-refractivity contribution in [3.8, 4) is 0 Å². The molecule has 3 N–H and O–H groups in total. The summed E-state index contributed by atoms with van der Waals surface area (Å²) >= 11 is 0. The molecular weight excluding hydrogens is 116 g/mol. The predicted octanol–water partition coefficient (Wildman–Crippen LogP) is -0.530. The average Bonchev–Trinajstić information content (AvgIpc) is 1.96. The van der Waals surface area contributed by atoms with E-state index < -0.39 is 0 Å². The van der Waals surface area contributed by atoms with E-state index in [1.165, 1.54) is 0 Å². The van der Waals surface area contributed by atoms with E-state index in [0.29, 0.717) is 6.54 Å². The maximum Gasteiger partial charge on any atom is 0.227 e. The molecule has 9 heavy (non-hydrogen) atoms. The first-order valence-corrected chi connectivity index (χ1v) is 3.09. The maximum absolute atomic E-state index is 10.9. The third-order valence-electron chi connectivity index (χ3n) is 1.99. The van der Waals surface area contributed by atoms with Crippen molar-refractivity contribution in [1.29, 1.82) is 0 Å². The van der Waals surface area contributed by atoms with Gasteiger partial charge >= 0.3 is 0 Å². The summed E-state index contributed by atoms with van der Waals surface area (Å²) in [6.07, 6.45) is 0. The van der Waals surface area contributed by atoms with Gasteiger partial charge in [0.25, 0.3) is 0 Å². The first-order valence-electron chi connectivity index (χ1n) is 3.09. The molecule has 1 amide bonds. The number of nitrogens with two attached hydrogens (primary N) is 1. The second kappa shape index (κ2) is 1.70. The Bertz CT molecular complexity index is 142. The lowest BCUT2D eigenvalue weighted by molar-refractivity contribution is -0.126. The Labute approximate surface area is 54.6 Å². The van der Waals surface area contributed by atoms with E-state index in [4.69, 9.17) is 5.73 Å². The molecular formula is C6H12N2O. The fourth-order valence-corrected chi connectivity index (χ4v) is 0.854. The van der Waals surface area contributed by atoms with Crippen LogP contribution in [0.25, 0.3) is 0 Å². The lowest BCUT2D eigenvalue weighted by Gasteiger charge is -2.18. The van der Waals surface area contributed by atoms with Crippen LogP contribution in [0.4, 0.5) is 0 Å². The van der Waals surface area contributed by atoms with Gasteiger partial charge < -0.3 is 11.1 Å². The van der Waals surface area contributed by atoms with Gasteiger partial charge in [-0.3, -0.25) is 4.79 Å². The Morgan fingerprint density at radius 2 is 2.33 bits per heavy atom. The molecule has 0 aromatic carbocycles. The summed E-state index contributed by atoms with van der Waals surface area (Å²) in [7, 11) is 0. The molecule has 1 saturated heterocycles. The van der Waals surface area contributed by atoms with Crippen molar-refractivity contribution < 1.29 is 4.79 Å². The van der Waals surface area contributed by atoms with Crippen molar-refractivity contribution in [2.24, 2.45) is 11.1 Å². The quantitative estimate of drug-likeness (QED) is 0.461. The minimum atomic E-state index is -0.361. The Hall–Kier alpha value is -0.570. The van der Waals surface area contributed by atoms with Gasteiger partial charge in [-0.1, -0.05) is 0 Å². The Morgan fingerprint density at radius 3 is 2.44 bits per heavy atom. The Balaban J connectivity index is 2.78. The number of carbonyl (C=O) groups is 1. The summed E-state index contributed by atoms with van der Waals surface area (Å²) in [4.78, 5) is 10.9. The third-order valence-corrected chi connectivity index (χ3v) is 1.99. The summed E-state index contributed by atoms with van der Waals surface area (Å²) < 4.78 is 0. The predicted molar refractivity (Wildman–Crippen MR) is 34.8 cm³/mol. The van der Waals surface area contributed by atoms with Crippen LogP contribution < -0.4 is 11.1 Å². The van der Waals surface area contributed by atoms with Crippen LogP contribution in [-0.2, 0) is 4.79 Å². The van der Waals surface area contributed by atoms with Crippen molar-refractivity contribution in [2.45, 2.75) is 19.9 Å². The number of amides is 1. The maximum atomic E-state index is 10.9. The van der Waals surface area contributed by atoms with E-state index in [-0.39, 0.29) is 17.4 Å². The van der Waals surface area contributed by atoms with E-state index in [1.54, 1.807) is 0 Å². The topological polar surface area (TPSA) is 55.1 Å². The monoisotopic (exact) mass is 128 g/mol. The molecule has 1 aliphatic heterocycles. The number of nitrogens with one attached hydrogen (secondary N) is 1. The van der Waals surface area contributed by atoms with Crippen LogP contribution in [0.15, 0.2) is 0 Å². The van der Waals surface area contributed by atoms with Crippen LogP contribution in [0.3, 0.4) is 0 Å². The molecule has 0 bridgehead atoms. The molecule has 3 heteroatoms. The van der Waals surface area contributed by atoms with Crippen LogP contribution >= 0.6 is 0 Å². The van der Waals surface area contributed by atoms with Gasteiger partial charge in [-0.15, -0.1) is 0 Å².